The molecule has 0 radical (unpaired) electrons. The van der Waals surface area contributed by atoms with Gasteiger partial charge in [-0.1, -0.05) is 11.6 Å². The van der Waals surface area contributed by atoms with Crippen LogP contribution in [0.2, 0.25) is 4.34 Å². The number of amides is 1. The van der Waals surface area contributed by atoms with E-state index in [-0.39, 0.29) is 31.1 Å². The van der Waals surface area contributed by atoms with Gasteiger partial charge in [-0.15, -0.1) is 11.3 Å². The first-order chi connectivity index (χ1) is 14.5. The minimum Gasteiger partial charge on any atom is -0.497 e. The lowest BCUT2D eigenvalue weighted by atomic mass is 10.2. The number of carbonyl (C=O) groups excluding carboxylic acids is 3. The van der Waals surface area contributed by atoms with Crippen molar-refractivity contribution in [3.63, 3.8) is 0 Å². The summed E-state index contributed by atoms with van der Waals surface area (Å²) in [5.74, 6) is -0.148. The first-order valence-corrected chi connectivity index (χ1v) is 10.8. The number of nitrogens with zero attached hydrogens (tertiary/aromatic N) is 2. The molecule has 0 atom stereocenters. The smallest absolute Gasteiger partial charge is 0.306 e. The second-order valence-corrected chi connectivity index (χ2v) is 8.47. The van der Waals surface area contributed by atoms with Gasteiger partial charge in [0, 0.05) is 38.3 Å². The summed E-state index contributed by atoms with van der Waals surface area (Å²) in [6, 6.07) is 11.1. The van der Waals surface area contributed by atoms with Crippen LogP contribution in [-0.4, -0.2) is 62.5 Å². The standard InChI is InChI=1S/C21H23ClN2O5S/c1-28-16-4-2-15(3-5-16)23-10-12-24(13-11-23)20(26)14-29-21(27)9-6-17(25)18-7-8-19(22)30-18/h2-5,7-8H,6,9-14H2,1H3. The monoisotopic (exact) mass is 450 g/mol. The number of ether oxygens (including phenoxy) is 2. The Kier molecular flexibility index (Phi) is 7.70. The number of thiophene rings is 1. The molecule has 1 saturated heterocycles. The summed E-state index contributed by atoms with van der Waals surface area (Å²) < 4.78 is 10.7. The summed E-state index contributed by atoms with van der Waals surface area (Å²) >= 11 is 6.98. The topological polar surface area (TPSA) is 76.2 Å². The third kappa shape index (κ3) is 5.96. The van der Waals surface area contributed by atoms with E-state index in [0.717, 1.165) is 11.4 Å². The summed E-state index contributed by atoms with van der Waals surface area (Å²) in [7, 11) is 1.63. The number of methoxy groups -OCH3 is 1. The molecule has 0 N–H and O–H groups in total. The lowest BCUT2D eigenvalue weighted by Gasteiger charge is -2.36. The van der Waals surface area contributed by atoms with E-state index in [4.69, 9.17) is 21.1 Å². The van der Waals surface area contributed by atoms with Crippen LogP contribution in [0.4, 0.5) is 5.69 Å². The molecule has 1 fully saturated rings. The highest BCUT2D eigenvalue weighted by Gasteiger charge is 2.22. The number of ketones is 1. The molecule has 2 aromatic rings. The van der Waals surface area contributed by atoms with Gasteiger partial charge in [-0.3, -0.25) is 14.4 Å². The van der Waals surface area contributed by atoms with Crippen molar-refractivity contribution >= 4 is 46.3 Å². The van der Waals surface area contributed by atoms with E-state index < -0.39 is 5.97 Å². The number of piperazine rings is 1. The third-order valence-electron chi connectivity index (χ3n) is 4.83. The second kappa shape index (κ2) is 10.4. The maximum absolute atomic E-state index is 12.3. The molecule has 160 valence electrons. The zero-order chi connectivity index (χ0) is 21.5. The first-order valence-electron chi connectivity index (χ1n) is 9.57. The first kappa shape index (κ1) is 22.1. The van der Waals surface area contributed by atoms with Crippen molar-refractivity contribution in [1.82, 2.24) is 4.90 Å². The minimum absolute atomic E-state index is 0.0321. The Bertz CT molecular complexity index is 891. The zero-order valence-electron chi connectivity index (χ0n) is 16.6. The van der Waals surface area contributed by atoms with E-state index >= 15 is 0 Å². The number of esters is 1. The predicted molar refractivity (Wildman–Crippen MR) is 116 cm³/mol. The van der Waals surface area contributed by atoms with E-state index in [0.29, 0.717) is 35.4 Å². The van der Waals surface area contributed by atoms with Gasteiger partial charge in [0.2, 0.25) is 0 Å². The molecule has 1 aliphatic heterocycles. The van der Waals surface area contributed by atoms with Crippen molar-refractivity contribution in [2.45, 2.75) is 12.8 Å². The Hall–Kier alpha value is -2.58. The number of anilines is 1. The van der Waals surface area contributed by atoms with E-state index in [9.17, 15) is 14.4 Å². The summed E-state index contributed by atoms with van der Waals surface area (Å²) in [5.41, 5.74) is 1.08. The lowest BCUT2D eigenvalue weighted by Crippen LogP contribution is -2.49. The van der Waals surface area contributed by atoms with Crippen LogP contribution in [0.5, 0.6) is 5.75 Å². The van der Waals surface area contributed by atoms with Gasteiger partial charge >= 0.3 is 5.97 Å². The van der Waals surface area contributed by atoms with Crippen LogP contribution >= 0.6 is 22.9 Å². The van der Waals surface area contributed by atoms with Crippen LogP contribution < -0.4 is 9.64 Å². The Labute approximate surface area is 184 Å². The predicted octanol–water partition coefficient (Wildman–Crippen LogP) is 3.27. The zero-order valence-corrected chi connectivity index (χ0v) is 18.2. The normalized spacial score (nSPS) is 13.8. The number of rotatable bonds is 8. The average Bonchev–Trinajstić information content (AvgIpc) is 3.22. The van der Waals surface area contributed by atoms with Crippen LogP contribution in [0.25, 0.3) is 0 Å². The largest absolute Gasteiger partial charge is 0.497 e. The molecule has 0 spiro atoms. The lowest BCUT2D eigenvalue weighted by molar-refractivity contribution is -0.152. The van der Waals surface area contributed by atoms with Gasteiger partial charge in [-0.2, -0.15) is 0 Å². The van der Waals surface area contributed by atoms with E-state index in [1.54, 1.807) is 24.1 Å². The molecule has 30 heavy (non-hydrogen) atoms. The summed E-state index contributed by atoms with van der Waals surface area (Å²) in [5, 5.41) is 0. The molecule has 3 rings (SSSR count). The Morgan fingerprint density at radius 3 is 2.30 bits per heavy atom. The van der Waals surface area contributed by atoms with Crippen LogP contribution in [0, 0.1) is 0 Å². The molecule has 1 aromatic heterocycles. The molecule has 0 unspecified atom stereocenters. The average molecular weight is 451 g/mol. The highest BCUT2D eigenvalue weighted by molar-refractivity contribution is 7.18. The van der Waals surface area contributed by atoms with Crippen LogP contribution in [0.1, 0.15) is 22.5 Å². The highest BCUT2D eigenvalue weighted by atomic mass is 35.5. The molecule has 1 aromatic carbocycles. The van der Waals surface area contributed by atoms with Gasteiger partial charge < -0.3 is 19.3 Å². The molecule has 0 saturated carbocycles. The summed E-state index contributed by atoms with van der Waals surface area (Å²) in [6.07, 6.45) is -0.0305. The fraction of sp³-hybridized carbons (Fsp3) is 0.381. The molecular weight excluding hydrogens is 428 g/mol. The molecular formula is C21H23ClN2O5S. The Morgan fingerprint density at radius 1 is 1.00 bits per heavy atom. The van der Waals surface area contributed by atoms with Crippen molar-refractivity contribution in [2.75, 3.05) is 44.8 Å². The molecule has 1 aliphatic rings. The van der Waals surface area contributed by atoms with Gasteiger partial charge in [0.1, 0.15) is 5.75 Å². The van der Waals surface area contributed by atoms with E-state index in [1.807, 2.05) is 24.3 Å². The fourth-order valence-corrected chi connectivity index (χ4v) is 4.13. The van der Waals surface area contributed by atoms with Crippen molar-refractivity contribution in [1.29, 1.82) is 0 Å². The SMILES string of the molecule is COc1ccc(N2CCN(C(=O)COC(=O)CCC(=O)c3ccc(Cl)s3)CC2)cc1. The maximum Gasteiger partial charge on any atom is 0.306 e. The molecule has 1 amide bonds. The molecule has 2 heterocycles. The number of benzene rings is 1. The molecule has 7 nitrogen and oxygen atoms in total. The van der Waals surface area contributed by atoms with Crippen molar-refractivity contribution in [3.8, 4) is 5.75 Å². The minimum atomic E-state index is -0.559. The maximum atomic E-state index is 12.3. The fourth-order valence-electron chi connectivity index (χ4n) is 3.12. The van der Waals surface area contributed by atoms with E-state index in [1.165, 1.54) is 11.3 Å². The summed E-state index contributed by atoms with van der Waals surface area (Å²) in [6.45, 7) is 2.20. The number of hydrogen-bond acceptors (Lipinski definition) is 7. The van der Waals surface area contributed by atoms with Gasteiger partial charge in [0.15, 0.2) is 12.4 Å². The Morgan fingerprint density at radius 2 is 1.70 bits per heavy atom. The molecule has 0 bridgehead atoms. The van der Waals surface area contributed by atoms with Crippen LogP contribution in [-0.2, 0) is 14.3 Å². The number of carbonyl (C=O) groups is 3. The van der Waals surface area contributed by atoms with Gasteiger partial charge in [-0.05, 0) is 36.4 Å². The Balaban J connectivity index is 1.37. The van der Waals surface area contributed by atoms with E-state index in [2.05, 4.69) is 4.90 Å². The number of hydrogen-bond donors (Lipinski definition) is 0. The second-order valence-electron chi connectivity index (χ2n) is 6.75. The quantitative estimate of drug-likeness (QED) is 0.454. The van der Waals surface area contributed by atoms with Crippen molar-refractivity contribution in [3.05, 3.63) is 45.6 Å². The van der Waals surface area contributed by atoms with Crippen LogP contribution in [0.3, 0.4) is 0 Å². The number of halogens is 1. The van der Waals surface area contributed by atoms with Crippen LogP contribution in [0.15, 0.2) is 36.4 Å². The van der Waals surface area contributed by atoms with Gasteiger partial charge in [0.25, 0.3) is 5.91 Å². The molecule has 0 aliphatic carbocycles. The van der Waals surface area contributed by atoms with Gasteiger partial charge in [-0.25, -0.2) is 0 Å². The van der Waals surface area contributed by atoms with Crippen molar-refractivity contribution in [2.24, 2.45) is 0 Å². The highest BCUT2D eigenvalue weighted by Crippen LogP contribution is 2.23. The third-order valence-corrected chi connectivity index (χ3v) is 6.10. The van der Waals surface area contributed by atoms with Gasteiger partial charge in [0.05, 0.1) is 22.7 Å². The number of Topliss-reactive ketones (excluding diaryl/α,β-unsaturated/α-hetero) is 1. The van der Waals surface area contributed by atoms with Crippen molar-refractivity contribution < 1.29 is 23.9 Å². The molecule has 9 heteroatoms. The summed E-state index contributed by atoms with van der Waals surface area (Å²) in [4.78, 5) is 40.6.